The van der Waals surface area contributed by atoms with E-state index in [2.05, 4.69) is 29.3 Å². The van der Waals surface area contributed by atoms with Crippen LogP contribution in [0.3, 0.4) is 0 Å². The van der Waals surface area contributed by atoms with Crippen molar-refractivity contribution in [1.29, 1.82) is 0 Å². The van der Waals surface area contributed by atoms with Gasteiger partial charge in [-0.2, -0.15) is 0 Å². The quantitative estimate of drug-likeness (QED) is 0.896. The molecule has 17 heavy (non-hydrogen) atoms. The molecule has 0 spiro atoms. The summed E-state index contributed by atoms with van der Waals surface area (Å²) in [5.41, 5.74) is 0. The molecule has 0 amide bonds. The lowest BCUT2D eigenvalue weighted by molar-refractivity contribution is -0.138. The second-order valence-electron chi connectivity index (χ2n) is 4.77. The fourth-order valence-electron chi connectivity index (χ4n) is 2.50. The number of piperidine rings is 1. The third-order valence-corrected chi connectivity index (χ3v) is 4.66. The molecule has 0 saturated carbocycles. The van der Waals surface area contributed by atoms with E-state index in [0.717, 1.165) is 25.9 Å². The van der Waals surface area contributed by atoms with Crippen molar-refractivity contribution in [2.45, 2.75) is 32.2 Å². The van der Waals surface area contributed by atoms with Crippen LogP contribution in [0.4, 0.5) is 0 Å². The summed E-state index contributed by atoms with van der Waals surface area (Å²) >= 11 is 1.80. The van der Waals surface area contributed by atoms with Gasteiger partial charge >= 0.3 is 5.97 Å². The number of carbonyl (C=O) groups is 1. The molecule has 1 aromatic rings. The summed E-state index contributed by atoms with van der Waals surface area (Å²) < 4.78 is 0. The van der Waals surface area contributed by atoms with Crippen molar-refractivity contribution >= 4 is 17.3 Å². The smallest absolute Gasteiger partial charge is 0.303 e. The van der Waals surface area contributed by atoms with Gasteiger partial charge in [-0.05, 0) is 50.2 Å². The molecular formula is C13H19NO2S. The van der Waals surface area contributed by atoms with Crippen LogP contribution in [0.25, 0.3) is 0 Å². The number of hydrogen-bond acceptors (Lipinski definition) is 3. The zero-order valence-electron chi connectivity index (χ0n) is 10.1. The zero-order chi connectivity index (χ0) is 12.3. The highest BCUT2D eigenvalue weighted by molar-refractivity contribution is 7.10. The summed E-state index contributed by atoms with van der Waals surface area (Å²) in [4.78, 5) is 14.5. The van der Waals surface area contributed by atoms with Crippen molar-refractivity contribution in [2.24, 2.45) is 5.92 Å². The van der Waals surface area contributed by atoms with Gasteiger partial charge in [-0.3, -0.25) is 9.69 Å². The summed E-state index contributed by atoms with van der Waals surface area (Å²) in [5, 5.41) is 10.9. The molecule has 1 aromatic heterocycles. The number of rotatable bonds is 4. The van der Waals surface area contributed by atoms with Gasteiger partial charge in [0.1, 0.15) is 0 Å². The Kier molecular flexibility index (Phi) is 4.18. The molecule has 1 atom stereocenters. The van der Waals surface area contributed by atoms with Crippen LogP contribution in [0.15, 0.2) is 17.5 Å². The Bertz CT molecular complexity index is 356. The summed E-state index contributed by atoms with van der Waals surface area (Å²) in [5.74, 6) is -0.283. The Hall–Kier alpha value is -0.870. The van der Waals surface area contributed by atoms with Gasteiger partial charge in [0.25, 0.3) is 0 Å². The Morgan fingerprint density at radius 2 is 2.29 bits per heavy atom. The van der Waals surface area contributed by atoms with Crippen molar-refractivity contribution in [3.05, 3.63) is 22.4 Å². The predicted molar refractivity (Wildman–Crippen MR) is 69.3 cm³/mol. The highest BCUT2D eigenvalue weighted by Crippen LogP contribution is 2.29. The van der Waals surface area contributed by atoms with Crippen LogP contribution in [-0.4, -0.2) is 29.1 Å². The molecule has 94 valence electrons. The molecule has 0 bridgehead atoms. The molecule has 1 saturated heterocycles. The minimum absolute atomic E-state index is 0.335. The van der Waals surface area contributed by atoms with E-state index in [4.69, 9.17) is 5.11 Å². The Morgan fingerprint density at radius 1 is 1.59 bits per heavy atom. The van der Waals surface area contributed by atoms with Crippen molar-refractivity contribution < 1.29 is 9.90 Å². The van der Waals surface area contributed by atoms with E-state index >= 15 is 0 Å². The molecule has 2 heterocycles. The highest BCUT2D eigenvalue weighted by Gasteiger charge is 2.25. The number of likely N-dealkylation sites (tertiary alicyclic amines) is 1. The molecular weight excluding hydrogens is 234 g/mol. The van der Waals surface area contributed by atoms with Gasteiger partial charge in [0, 0.05) is 17.3 Å². The number of nitrogens with zero attached hydrogens (tertiary/aromatic N) is 1. The van der Waals surface area contributed by atoms with E-state index in [0.29, 0.717) is 18.4 Å². The summed E-state index contributed by atoms with van der Waals surface area (Å²) in [6, 6.07) is 4.74. The number of thiophene rings is 1. The van der Waals surface area contributed by atoms with E-state index in [-0.39, 0.29) is 0 Å². The van der Waals surface area contributed by atoms with Gasteiger partial charge in [0.05, 0.1) is 0 Å². The van der Waals surface area contributed by atoms with Crippen molar-refractivity contribution in [1.82, 2.24) is 4.90 Å². The van der Waals surface area contributed by atoms with Gasteiger partial charge in [0.2, 0.25) is 0 Å². The number of carboxylic acid groups (broad SMARTS) is 1. The van der Waals surface area contributed by atoms with Crippen LogP contribution in [0.2, 0.25) is 0 Å². The minimum Gasteiger partial charge on any atom is -0.481 e. The van der Waals surface area contributed by atoms with Gasteiger partial charge in [0.15, 0.2) is 0 Å². The molecule has 1 aliphatic rings. The number of hydrogen-bond donors (Lipinski definition) is 1. The summed E-state index contributed by atoms with van der Waals surface area (Å²) in [6.45, 7) is 4.29. The number of carboxylic acids is 1. The summed E-state index contributed by atoms with van der Waals surface area (Å²) in [7, 11) is 0. The van der Waals surface area contributed by atoms with Gasteiger partial charge in [-0.25, -0.2) is 0 Å². The third kappa shape index (κ3) is 3.30. The van der Waals surface area contributed by atoms with Crippen molar-refractivity contribution in [2.75, 3.05) is 13.1 Å². The Labute approximate surface area is 106 Å². The van der Waals surface area contributed by atoms with E-state index in [1.807, 2.05) is 0 Å². The fourth-order valence-corrected chi connectivity index (χ4v) is 3.32. The molecule has 3 nitrogen and oxygen atoms in total. The van der Waals surface area contributed by atoms with Crippen LogP contribution in [0.1, 0.15) is 37.1 Å². The van der Waals surface area contributed by atoms with Crippen molar-refractivity contribution in [3.63, 3.8) is 0 Å². The monoisotopic (exact) mass is 253 g/mol. The Balaban J connectivity index is 1.84. The maximum atomic E-state index is 10.7. The minimum atomic E-state index is -0.658. The van der Waals surface area contributed by atoms with E-state index < -0.39 is 5.97 Å². The maximum Gasteiger partial charge on any atom is 0.303 e. The van der Waals surface area contributed by atoms with Gasteiger partial charge in [-0.15, -0.1) is 11.3 Å². The Morgan fingerprint density at radius 3 is 2.82 bits per heavy atom. The lowest BCUT2D eigenvalue weighted by atomic mass is 9.93. The van der Waals surface area contributed by atoms with Crippen molar-refractivity contribution in [3.8, 4) is 0 Å². The maximum absolute atomic E-state index is 10.7. The van der Waals surface area contributed by atoms with E-state index in [9.17, 15) is 4.79 Å². The SMILES string of the molecule is CC(c1cccs1)N1CCC(CC(=O)O)CC1. The molecule has 4 heteroatoms. The lowest BCUT2D eigenvalue weighted by Gasteiger charge is -2.35. The topological polar surface area (TPSA) is 40.5 Å². The molecule has 0 aromatic carbocycles. The second-order valence-corrected chi connectivity index (χ2v) is 5.75. The van der Waals surface area contributed by atoms with Crippen LogP contribution < -0.4 is 0 Å². The second kappa shape index (κ2) is 5.65. The fraction of sp³-hybridized carbons (Fsp3) is 0.615. The predicted octanol–water partition coefficient (Wildman–Crippen LogP) is 3.00. The van der Waals surface area contributed by atoms with Gasteiger partial charge in [-0.1, -0.05) is 6.07 Å². The molecule has 0 radical (unpaired) electrons. The molecule has 1 fully saturated rings. The summed E-state index contributed by atoms with van der Waals surface area (Å²) in [6.07, 6.45) is 2.37. The average molecular weight is 253 g/mol. The first-order valence-electron chi connectivity index (χ1n) is 6.16. The average Bonchev–Trinajstić information content (AvgIpc) is 2.82. The molecule has 0 aliphatic carbocycles. The normalized spacial score (nSPS) is 20.3. The first-order valence-corrected chi connectivity index (χ1v) is 7.04. The van der Waals surface area contributed by atoms with Crippen LogP contribution in [0, 0.1) is 5.92 Å². The first-order chi connectivity index (χ1) is 8.16. The largest absolute Gasteiger partial charge is 0.481 e. The molecule has 1 N–H and O–H groups in total. The van der Waals surface area contributed by atoms with E-state index in [1.54, 1.807) is 11.3 Å². The standard InChI is InChI=1S/C13H19NO2S/c1-10(12-3-2-8-17-12)14-6-4-11(5-7-14)9-13(15)16/h2-3,8,10-11H,4-7,9H2,1H3,(H,15,16). The first kappa shape index (κ1) is 12.6. The third-order valence-electron chi connectivity index (χ3n) is 3.62. The number of aliphatic carboxylic acids is 1. The molecule has 1 aliphatic heterocycles. The van der Waals surface area contributed by atoms with Crippen LogP contribution >= 0.6 is 11.3 Å². The highest BCUT2D eigenvalue weighted by atomic mass is 32.1. The van der Waals surface area contributed by atoms with Crippen LogP contribution in [-0.2, 0) is 4.79 Å². The molecule has 1 unspecified atom stereocenters. The van der Waals surface area contributed by atoms with Crippen LogP contribution in [0.5, 0.6) is 0 Å². The zero-order valence-corrected chi connectivity index (χ0v) is 10.9. The molecule has 2 rings (SSSR count). The van der Waals surface area contributed by atoms with E-state index in [1.165, 1.54) is 4.88 Å². The lowest BCUT2D eigenvalue weighted by Crippen LogP contribution is -2.35. The van der Waals surface area contributed by atoms with Gasteiger partial charge < -0.3 is 5.11 Å².